The van der Waals surface area contributed by atoms with Crippen LogP contribution < -0.4 is 4.74 Å². The van der Waals surface area contributed by atoms with Crippen LogP contribution in [0.2, 0.25) is 0 Å². The molecule has 1 aliphatic rings. The minimum atomic E-state index is -4.58. The van der Waals surface area contributed by atoms with E-state index in [4.69, 9.17) is 9.47 Å². The topological polar surface area (TPSA) is 56.6 Å². The fourth-order valence-corrected chi connectivity index (χ4v) is 3.41. The molecule has 0 saturated heterocycles. The van der Waals surface area contributed by atoms with Crippen molar-refractivity contribution in [2.24, 2.45) is 7.05 Å². The third-order valence-electron chi connectivity index (χ3n) is 4.70. The van der Waals surface area contributed by atoms with Crippen molar-refractivity contribution in [3.8, 4) is 5.75 Å². The van der Waals surface area contributed by atoms with Crippen LogP contribution in [0.5, 0.6) is 5.75 Å². The third kappa shape index (κ3) is 4.14. The van der Waals surface area contributed by atoms with Crippen LogP contribution in [0.3, 0.4) is 0 Å². The number of carbonyl (C=O) groups excluding carboxylic acids is 1. The number of methoxy groups -OCH3 is 1. The van der Waals surface area contributed by atoms with Gasteiger partial charge in [0.2, 0.25) is 0 Å². The molecule has 6 nitrogen and oxygen atoms in total. The number of benzene rings is 1. The SMILES string of the molecule is COCCCN(C(=O)c1cc(C(F)(F)F)n(C)n1)C1CCOc2ccccc21. The highest BCUT2D eigenvalue weighted by atomic mass is 19.4. The largest absolute Gasteiger partial charge is 0.493 e. The first-order valence-corrected chi connectivity index (χ1v) is 8.95. The van der Waals surface area contributed by atoms with E-state index in [1.807, 2.05) is 24.3 Å². The van der Waals surface area contributed by atoms with E-state index in [2.05, 4.69) is 5.10 Å². The summed E-state index contributed by atoms with van der Waals surface area (Å²) in [5, 5.41) is 3.82. The lowest BCUT2D eigenvalue weighted by Gasteiger charge is -2.35. The number of aromatic nitrogens is 2. The van der Waals surface area contributed by atoms with E-state index in [0.717, 1.165) is 11.6 Å². The zero-order valence-electron chi connectivity index (χ0n) is 15.7. The van der Waals surface area contributed by atoms with Gasteiger partial charge in [-0.25, -0.2) is 0 Å². The monoisotopic (exact) mass is 397 g/mol. The number of para-hydroxylation sites is 1. The molecule has 152 valence electrons. The summed E-state index contributed by atoms with van der Waals surface area (Å²) < 4.78 is 50.7. The van der Waals surface area contributed by atoms with E-state index in [0.29, 0.717) is 43.0 Å². The number of rotatable bonds is 6. The molecule has 1 amide bonds. The molecule has 0 radical (unpaired) electrons. The molecular formula is C19H22F3N3O3. The molecule has 0 spiro atoms. The van der Waals surface area contributed by atoms with Crippen LogP contribution >= 0.6 is 0 Å². The first kappa shape index (κ1) is 20.2. The molecule has 0 fully saturated rings. The Hall–Kier alpha value is -2.55. The Labute approximate surface area is 160 Å². The number of halogens is 3. The van der Waals surface area contributed by atoms with Gasteiger partial charge in [-0.3, -0.25) is 9.48 Å². The van der Waals surface area contributed by atoms with Gasteiger partial charge in [-0.15, -0.1) is 0 Å². The number of hydrogen-bond acceptors (Lipinski definition) is 4. The zero-order valence-corrected chi connectivity index (χ0v) is 15.7. The van der Waals surface area contributed by atoms with E-state index in [9.17, 15) is 18.0 Å². The highest BCUT2D eigenvalue weighted by Crippen LogP contribution is 2.37. The lowest BCUT2D eigenvalue weighted by Crippen LogP contribution is -2.38. The van der Waals surface area contributed by atoms with Crippen LogP contribution in [-0.2, 0) is 18.0 Å². The molecule has 0 bridgehead atoms. The summed E-state index contributed by atoms with van der Waals surface area (Å²) in [6.07, 6.45) is -3.47. The van der Waals surface area contributed by atoms with Gasteiger partial charge in [0.15, 0.2) is 5.69 Å². The van der Waals surface area contributed by atoms with Gasteiger partial charge < -0.3 is 14.4 Å². The number of amides is 1. The molecular weight excluding hydrogens is 375 g/mol. The van der Waals surface area contributed by atoms with Crippen LogP contribution in [0.15, 0.2) is 30.3 Å². The quantitative estimate of drug-likeness (QED) is 0.701. The first-order chi connectivity index (χ1) is 13.3. The zero-order chi connectivity index (χ0) is 20.3. The highest BCUT2D eigenvalue weighted by molar-refractivity contribution is 5.92. The predicted octanol–water partition coefficient (Wildman–Crippen LogP) is 3.44. The maximum absolute atomic E-state index is 13.1. The second-order valence-corrected chi connectivity index (χ2v) is 6.57. The molecule has 3 rings (SSSR count). The van der Waals surface area contributed by atoms with Gasteiger partial charge in [-0.05, 0) is 12.5 Å². The van der Waals surface area contributed by atoms with Gasteiger partial charge >= 0.3 is 6.18 Å². The fraction of sp³-hybridized carbons (Fsp3) is 0.474. The summed E-state index contributed by atoms with van der Waals surface area (Å²) in [6, 6.07) is 7.88. The van der Waals surface area contributed by atoms with Crippen molar-refractivity contribution < 1.29 is 27.4 Å². The summed E-state index contributed by atoms with van der Waals surface area (Å²) >= 11 is 0. The first-order valence-electron chi connectivity index (χ1n) is 8.95. The van der Waals surface area contributed by atoms with E-state index in [1.54, 1.807) is 12.0 Å². The van der Waals surface area contributed by atoms with Gasteiger partial charge in [0.1, 0.15) is 11.4 Å². The summed E-state index contributed by atoms with van der Waals surface area (Å²) in [5.74, 6) is 0.143. The van der Waals surface area contributed by atoms with Crippen LogP contribution in [0, 0.1) is 0 Å². The summed E-state index contributed by atoms with van der Waals surface area (Å²) in [5.41, 5.74) is -0.345. The van der Waals surface area contributed by atoms with Crippen LogP contribution in [0.1, 0.15) is 40.6 Å². The number of nitrogens with zero attached hydrogens (tertiary/aromatic N) is 3. The average Bonchev–Trinajstić information content (AvgIpc) is 3.07. The minimum absolute atomic E-state index is 0.226. The van der Waals surface area contributed by atoms with Crippen molar-refractivity contribution in [3.63, 3.8) is 0 Å². The number of ether oxygens (including phenoxy) is 2. The Morgan fingerprint density at radius 3 is 2.82 bits per heavy atom. The van der Waals surface area contributed by atoms with Gasteiger partial charge in [0.05, 0.1) is 12.6 Å². The van der Waals surface area contributed by atoms with Gasteiger partial charge in [-0.2, -0.15) is 18.3 Å². The number of carbonyl (C=O) groups is 1. The number of aryl methyl sites for hydroxylation is 1. The Morgan fingerprint density at radius 2 is 2.14 bits per heavy atom. The van der Waals surface area contributed by atoms with Crippen molar-refractivity contribution >= 4 is 5.91 Å². The van der Waals surface area contributed by atoms with Crippen molar-refractivity contribution in [3.05, 3.63) is 47.3 Å². The van der Waals surface area contributed by atoms with Crippen molar-refractivity contribution in [2.45, 2.75) is 25.1 Å². The minimum Gasteiger partial charge on any atom is -0.493 e. The van der Waals surface area contributed by atoms with E-state index >= 15 is 0 Å². The van der Waals surface area contributed by atoms with Crippen molar-refractivity contribution in [1.82, 2.24) is 14.7 Å². The van der Waals surface area contributed by atoms with E-state index in [1.165, 1.54) is 7.05 Å². The Bertz CT molecular complexity index is 835. The molecule has 0 aliphatic carbocycles. The lowest BCUT2D eigenvalue weighted by molar-refractivity contribution is -0.143. The van der Waals surface area contributed by atoms with Crippen LogP contribution in [-0.4, -0.2) is 47.5 Å². The second-order valence-electron chi connectivity index (χ2n) is 6.57. The Kier molecular flexibility index (Phi) is 5.93. The van der Waals surface area contributed by atoms with Crippen LogP contribution in [0.4, 0.5) is 13.2 Å². The molecule has 1 aliphatic heterocycles. The van der Waals surface area contributed by atoms with Crippen molar-refractivity contribution in [2.75, 3.05) is 26.9 Å². The molecule has 1 unspecified atom stereocenters. The molecule has 1 aromatic heterocycles. The highest BCUT2D eigenvalue weighted by Gasteiger charge is 2.37. The van der Waals surface area contributed by atoms with Crippen LogP contribution in [0.25, 0.3) is 0 Å². The number of alkyl halides is 3. The maximum Gasteiger partial charge on any atom is 0.433 e. The molecule has 0 saturated carbocycles. The molecule has 2 aromatic rings. The second kappa shape index (κ2) is 8.22. The molecule has 9 heteroatoms. The van der Waals surface area contributed by atoms with Gasteiger partial charge in [0.25, 0.3) is 5.91 Å². The smallest absolute Gasteiger partial charge is 0.433 e. The van der Waals surface area contributed by atoms with E-state index < -0.39 is 17.8 Å². The summed E-state index contributed by atoms with van der Waals surface area (Å²) in [6.45, 7) is 1.19. The standard InChI is InChI=1S/C19H22F3N3O3/c1-24-17(19(20,21)22)12-14(23-24)18(26)25(9-5-10-27-2)15-8-11-28-16-7-4-3-6-13(15)16/h3-4,6-7,12,15H,5,8-11H2,1-2H3. The fourth-order valence-electron chi connectivity index (χ4n) is 3.41. The predicted molar refractivity (Wildman–Crippen MR) is 95.0 cm³/mol. The maximum atomic E-state index is 13.1. The lowest BCUT2D eigenvalue weighted by atomic mass is 9.98. The van der Waals surface area contributed by atoms with Gasteiger partial charge in [-0.1, -0.05) is 18.2 Å². The Balaban J connectivity index is 1.94. The molecule has 0 N–H and O–H groups in total. The molecule has 1 atom stereocenters. The molecule has 28 heavy (non-hydrogen) atoms. The molecule has 2 heterocycles. The summed E-state index contributed by atoms with van der Waals surface area (Å²) in [7, 11) is 2.74. The normalized spacial score (nSPS) is 16.4. The van der Waals surface area contributed by atoms with E-state index in [-0.39, 0.29) is 11.7 Å². The summed E-state index contributed by atoms with van der Waals surface area (Å²) in [4.78, 5) is 14.7. The molecule has 1 aromatic carbocycles. The average molecular weight is 397 g/mol. The Morgan fingerprint density at radius 1 is 1.39 bits per heavy atom. The number of hydrogen-bond donors (Lipinski definition) is 0. The third-order valence-corrected chi connectivity index (χ3v) is 4.70. The van der Waals surface area contributed by atoms with Crippen molar-refractivity contribution in [1.29, 1.82) is 0 Å². The number of fused-ring (bicyclic) bond motifs is 1. The van der Waals surface area contributed by atoms with Gasteiger partial charge in [0, 0.05) is 45.4 Å².